The molecule has 0 spiro atoms. The van der Waals surface area contributed by atoms with Crippen molar-refractivity contribution < 1.29 is 4.74 Å². The Morgan fingerprint density at radius 2 is 2.18 bits per heavy atom. The zero-order chi connectivity index (χ0) is 8.53. The molecule has 0 saturated heterocycles. The molecular weight excluding hydrogens is 148 g/mol. The minimum atomic E-state index is -0.506. The highest BCUT2D eigenvalue weighted by molar-refractivity contribution is 4.49. The summed E-state index contributed by atoms with van der Waals surface area (Å²) in [5.74, 6) is 0. The number of rotatable bonds is 5. The zero-order valence-electron chi connectivity index (χ0n) is 6.08. The van der Waals surface area contributed by atoms with Crippen molar-refractivity contribution in [3.8, 4) is 0 Å². The minimum absolute atomic E-state index is 0.252. The molecule has 0 aromatic rings. The van der Waals surface area contributed by atoms with Crippen LogP contribution in [0.1, 0.15) is 6.92 Å². The zero-order valence-corrected chi connectivity index (χ0v) is 6.08. The second-order valence-electron chi connectivity index (χ2n) is 1.63. The Balaban J connectivity index is 3.37. The molecule has 1 atom stereocenters. The summed E-state index contributed by atoms with van der Waals surface area (Å²) in [5, 5.41) is 6.47. The molecule has 7 heteroatoms. The Kier molecular flexibility index (Phi) is 5.83. The van der Waals surface area contributed by atoms with Gasteiger partial charge in [-0.05, 0) is 18.0 Å². The van der Waals surface area contributed by atoms with Gasteiger partial charge in [-0.3, -0.25) is 0 Å². The second kappa shape index (κ2) is 6.70. The first-order valence-corrected chi connectivity index (χ1v) is 2.98. The molecule has 0 aromatic heterocycles. The highest BCUT2D eigenvalue weighted by Crippen LogP contribution is 1.91. The molecule has 0 N–H and O–H groups in total. The molecule has 0 saturated carbocycles. The van der Waals surface area contributed by atoms with E-state index in [2.05, 4.69) is 20.1 Å². The predicted molar refractivity (Wildman–Crippen MR) is 38.6 cm³/mol. The number of hydrogen-bond acceptors (Lipinski definition) is 3. The van der Waals surface area contributed by atoms with Gasteiger partial charge in [0.15, 0.2) is 0 Å². The molecule has 0 amide bonds. The van der Waals surface area contributed by atoms with Gasteiger partial charge in [0.25, 0.3) is 0 Å². The van der Waals surface area contributed by atoms with Crippen LogP contribution < -0.4 is 0 Å². The lowest BCUT2D eigenvalue weighted by Crippen LogP contribution is -2.06. The maximum atomic E-state index is 7.94. The molecule has 0 aliphatic carbocycles. The number of hydrogen-bond donors (Lipinski definition) is 0. The Labute approximate surface area is 63.2 Å². The van der Waals surface area contributed by atoms with Gasteiger partial charge in [0, 0.05) is 16.4 Å². The lowest BCUT2D eigenvalue weighted by Gasteiger charge is -2.03. The quantitative estimate of drug-likeness (QED) is 0.258. The van der Waals surface area contributed by atoms with E-state index in [4.69, 9.17) is 15.8 Å². The summed E-state index contributed by atoms with van der Waals surface area (Å²) in [6.07, 6.45) is -0.506. The van der Waals surface area contributed by atoms with Gasteiger partial charge in [0.2, 0.25) is 0 Å². The standard InChI is InChI=1S/C4H8N6O/c1-4(8-10-6)11-3-2-7-9-5/h4H,2-3H2,1H3. The molecule has 0 fully saturated rings. The SMILES string of the molecule is CC(N=[N+]=[N-])OCCN=[N+]=[N-]. The average Bonchev–Trinajstić information content (AvgIpc) is 1.99. The van der Waals surface area contributed by atoms with Crippen molar-refractivity contribution in [1.29, 1.82) is 0 Å². The fraction of sp³-hybridized carbons (Fsp3) is 1.00. The van der Waals surface area contributed by atoms with Crippen molar-refractivity contribution in [3.63, 3.8) is 0 Å². The molecule has 7 nitrogen and oxygen atoms in total. The van der Waals surface area contributed by atoms with Gasteiger partial charge in [-0.2, -0.15) is 0 Å². The Bertz CT molecular complexity index is 191. The Morgan fingerprint density at radius 1 is 1.45 bits per heavy atom. The molecule has 0 aromatic carbocycles. The van der Waals surface area contributed by atoms with Gasteiger partial charge in [-0.25, -0.2) is 0 Å². The molecule has 11 heavy (non-hydrogen) atoms. The Hall–Kier alpha value is -1.42. The molecule has 1 unspecified atom stereocenters. The third kappa shape index (κ3) is 6.47. The molecule has 0 heterocycles. The fourth-order valence-electron chi connectivity index (χ4n) is 0.415. The van der Waals surface area contributed by atoms with Crippen LogP contribution in [-0.4, -0.2) is 19.4 Å². The normalized spacial score (nSPS) is 11.0. The number of azide groups is 2. The van der Waals surface area contributed by atoms with Crippen LogP contribution in [-0.2, 0) is 4.74 Å². The maximum absolute atomic E-state index is 7.94. The van der Waals surface area contributed by atoms with E-state index in [9.17, 15) is 0 Å². The van der Waals surface area contributed by atoms with Gasteiger partial charge < -0.3 is 4.74 Å². The number of nitrogens with zero attached hydrogens (tertiary/aromatic N) is 6. The third-order valence-electron chi connectivity index (χ3n) is 0.828. The van der Waals surface area contributed by atoms with E-state index in [1.54, 1.807) is 6.92 Å². The van der Waals surface area contributed by atoms with Crippen LogP contribution in [0.25, 0.3) is 20.9 Å². The second-order valence-corrected chi connectivity index (χ2v) is 1.63. The molecule has 60 valence electrons. The molecule has 0 aliphatic rings. The van der Waals surface area contributed by atoms with Crippen LogP contribution in [0, 0.1) is 0 Å². The average molecular weight is 156 g/mol. The van der Waals surface area contributed by atoms with Gasteiger partial charge >= 0.3 is 0 Å². The smallest absolute Gasteiger partial charge is 0.133 e. The van der Waals surface area contributed by atoms with Crippen LogP contribution in [0.2, 0.25) is 0 Å². The lowest BCUT2D eigenvalue weighted by molar-refractivity contribution is 0.0770. The highest BCUT2D eigenvalue weighted by Gasteiger charge is 1.94. The largest absolute Gasteiger partial charge is 0.372 e. The topological polar surface area (TPSA) is 107 Å². The third-order valence-corrected chi connectivity index (χ3v) is 0.828. The predicted octanol–water partition coefficient (Wildman–Crippen LogP) is 1.97. The van der Waals surface area contributed by atoms with E-state index < -0.39 is 6.23 Å². The number of ether oxygens (including phenoxy) is 1. The van der Waals surface area contributed by atoms with Crippen LogP contribution in [0.3, 0.4) is 0 Å². The fourth-order valence-corrected chi connectivity index (χ4v) is 0.415. The Morgan fingerprint density at radius 3 is 2.73 bits per heavy atom. The monoisotopic (exact) mass is 156 g/mol. The van der Waals surface area contributed by atoms with Crippen molar-refractivity contribution in [2.24, 2.45) is 10.2 Å². The summed E-state index contributed by atoms with van der Waals surface area (Å²) in [4.78, 5) is 5.05. The summed E-state index contributed by atoms with van der Waals surface area (Å²) < 4.78 is 4.90. The van der Waals surface area contributed by atoms with Crippen molar-refractivity contribution in [1.82, 2.24) is 0 Å². The van der Waals surface area contributed by atoms with Crippen molar-refractivity contribution in [2.75, 3.05) is 13.2 Å². The molecule has 0 rings (SSSR count). The summed E-state index contributed by atoms with van der Waals surface area (Å²) in [6.45, 7) is 2.13. The molecule has 0 radical (unpaired) electrons. The van der Waals surface area contributed by atoms with E-state index in [0.717, 1.165) is 0 Å². The maximum Gasteiger partial charge on any atom is 0.133 e. The summed E-state index contributed by atoms with van der Waals surface area (Å²) in [7, 11) is 0. The van der Waals surface area contributed by atoms with Crippen molar-refractivity contribution in [3.05, 3.63) is 20.9 Å². The van der Waals surface area contributed by atoms with Gasteiger partial charge in [0.05, 0.1) is 6.61 Å². The molecule has 0 bridgehead atoms. The van der Waals surface area contributed by atoms with Gasteiger partial charge in [-0.1, -0.05) is 10.2 Å². The summed E-state index contributed by atoms with van der Waals surface area (Å²) >= 11 is 0. The van der Waals surface area contributed by atoms with Crippen molar-refractivity contribution >= 4 is 0 Å². The van der Waals surface area contributed by atoms with E-state index in [1.165, 1.54) is 0 Å². The van der Waals surface area contributed by atoms with E-state index in [1.807, 2.05) is 0 Å². The summed E-state index contributed by atoms with van der Waals surface area (Å²) in [6, 6.07) is 0. The van der Waals surface area contributed by atoms with Crippen LogP contribution in [0.5, 0.6) is 0 Å². The van der Waals surface area contributed by atoms with E-state index >= 15 is 0 Å². The lowest BCUT2D eigenvalue weighted by atomic mass is 10.6. The first kappa shape index (κ1) is 9.58. The first-order valence-electron chi connectivity index (χ1n) is 2.98. The molecular formula is C4H8N6O. The van der Waals surface area contributed by atoms with Crippen LogP contribution in [0.15, 0.2) is 10.2 Å². The van der Waals surface area contributed by atoms with Gasteiger partial charge in [-0.15, -0.1) is 0 Å². The minimum Gasteiger partial charge on any atom is -0.372 e. The molecule has 0 aliphatic heterocycles. The van der Waals surface area contributed by atoms with Crippen LogP contribution >= 0.6 is 0 Å². The van der Waals surface area contributed by atoms with E-state index in [0.29, 0.717) is 0 Å². The van der Waals surface area contributed by atoms with Crippen LogP contribution in [0.4, 0.5) is 0 Å². The van der Waals surface area contributed by atoms with Gasteiger partial charge in [0.1, 0.15) is 6.23 Å². The van der Waals surface area contributed by atoms with E-state index in [-0.39, 0.29) is 13.2 Å². The first-order chi connectivity index (χ1) is 5.31. The van der Waals surface area contributed by atoms with Crippen molar-refractivity contribution in [2.45, 2.75) is 13.2 Å². The highest BCUT2D eigenvalue weighted by atomic mass is 16.5. The summed E-state index contributed by atoms with van der Waals surface area (Å²) in [5.41, 5.74) is 15.8.